The van der Waals surface area contributed by atoms with Crippen LogP contribution in [0.25, 0.3) is 0 Å². The largest absolute Gasteiger partial charge is 0.486 e. The maximum absolute atomic E-state index is 12.7. The van der Waals surface area contributed by atoms with Crippen LogP contribution in [0.4, 0.5) is 11.4 Å². The molecule has 9 heteroatoms. The summed E-state index contributed by atoms with van der Waals surface area (Å²) in [7, 11) is -3.66. The van der Waals surface area contributed by atoms with Gasteiger partial charge in [-0.05, 0) is 49.6 Å². The maximum Gasteiger partial charge on any atom is 0.241 e. The molecular weight excluding hydrogens is 430 g/mol. The van der Waals surface area contributed by atoms with Gasteiger partial charge in [0, 0.05) is 31.4 Å². The van der Waals surface area contributed by atoms with E-state index in [4.69, 9.17) is 9.47 Å². The number of amides is 1. The summed E-state index contributed by atoms with van der Waals surface area (Å²) in [6, 6.07) is 13.0. The zero-order valence-electron chi connectivity index (χ0n) is 18.2. The first-order valence-corrected chi connectivity index (χ1v) is 12.6. The molecule has 0 aliphatic carbocycles. The van der Waals surface area contributed by atoms with Crippen LogP contribution in [-0.2, 0) is 21.4 Å². The molecular formula is C23H29N3O5S. The normalized spacial score (nSPS) is 15.5. The van der Waals surface area contributed by atoms with E-state index in [9.17, 15) is 13.2 Å². The Balaban J connectivity index is 1.41. The predicted molar refractivity (Wildman–Crippen MR) is 124 cm³/mol. The number of carbonyl (C=O) groups excluding carboxylic acids is 1. The van der Waals surface area contributed by atoms with Crippen LogP contribution in [0.15, 0.2) is 42.5 Å². The maximum atomic E-state index is 12.7. The van der Waals surface area contributed by atoms with E-state index in [-0.39, 0.29) is 18.2 Å². The topological polar surface area (TPSA) is 88.2 Å². The third-order valence-electron chi connectivity index (χ3n) is 5.70. The summed E-state index contributed by atoms with van der Waals surface area (Å²) in [6.07, 6.45) is 2.44. The molecule has 8 nitrogen and oxygen atoms in total. The lowest BCUT2D eigenvalue weighted by atomic mass is 10.2. The molecule has 1 saturated heterocycles. The van der Waals surface area contributed by atoms with Gasteiger partial charge in [0.2, 0.25) is 15.9 Å². The summed E-state index contributed by atoms with van der Waals surface area (Å²) < 4.78 is 37.6. The fourth-order valence-electron chi connectivity index (χ4n) is 3.88. The smallest absolute Gasteiger partial charge is 0.241 e. The summed E-state index contributed by atoms with van der Waals surface area (Å²) in [5, 5.41) is 2.83. The number of carbonyl (C=O) groups is 1. The Labute approximate surface area is 189 Å². The van der Waals surface area contributed by atoms with Crippen LogP contribution in [0.2, 0.25) is 0 Å². The second-order valence-electron chi connectivity index (χ2n) is 7.87. The van der Waals surface area contributed by atoms with Crippen molar-refractivity contribution in [3.8, 4) is 11.5 Å². The SMILES string of the molecule is CCS(=O)(=O)N(CC(=O)NCc1ccc(N2CCCC2)cc1)c1ccc2c(c1)OCCO2. The van der Waals surface area contributed by atoms with E-state index >= 15 is 0 Å². The first kappa shape index (κ1) is 22.3. The van der Waals surface area contributed by atoms with Crippen LogP contribution in [-0.4, -0.2) is 52.9 Å². The zero-order valence-corrected chi connectivity index (χ0v) is 19.1. The molecule has 0 radical (unpaired) electrons. The standard InChI is InChI=1S/C23H29N3O5S/c1-2-32(28,29)26(20-9-10-21-22(15-20)31-14-13-30-21)17-23(27)24-16-18-5-7-19(8-6-18)25-11-3-4-12-25/h5-10,15H,2-4,11-14,16-17H2,1H3,(H,24,27). The quantitative estimate of drug-likeness (QED) is 0.653. The van der Waals surface area contributed by atoms with Gasteiger partial charge in [0.15, 0.2) is 11.5 Å². The molecule has 1 N–H and O–H groups in total. The van der Waals surface area contributed by atoms with Crippen LogP contribution >= 0.6 is 0 Å². The second kappa shape index (κ2) is 9.68. The summed E-state index contributed by atoms with van der Waals surface area (Å²) in [4.78, 5) is 15.0. The molecule has 4 rings (SSSR count). The molecule has 2 aromatic carbocycles. The number of nitrogens with one attached hydrogen (secondary N) is 1. The fraction of sp³-hybridized carbons (Fsp3) is 0.435. The number of sulfonamides is 1. The fourth-order valence-corrected chi connectivity index (χ4v) is 4.94. The van der Waals surface area contributed by atoms with Crippen LogP contribution in [0.1, 0.15) is 25.3 Å². The van der Waals surface area contributed by atoms with Crippen molar-refractivity contribution in [1.29, 1.82) is 0 Å². The summed E-state index contributed by atoms with van der Waals surface area (Å²) in [5.41, 5.74) is 2.53. The van der Waals surface area contributed by atoms with Crippen LogP contribution in [0.5, 0.6) is 11.5 Å². The highest BCUT2D eigenvalue weighted by molar-refractivity contribution is 7.92. The Hall–Kier alpha value is -2.94. The molecule has 32 heavy (non-hydrogen) atoms. The molecule has 1 amide bonds. The number of benzene rings is 2. The van der Waals surface area contributed by atoms with Crippen molar-refractivity contribution >= 4 is 27.3 Å². The Morgan fingerprint density at radius 3 is 2.41 bits per heavy atom. The molecule has 0 spiro atoms. The van der Waals surface area contributed by atoms with E-state index < -0.39 is 10.0 Å². The molecule has 172 valence electrons. The van der Waals surface area contributed by atoms with E-state index in [2.05, 4.69) is 22.3 Å². The minimum atomic E-state index is -3.66. The minimum Gasteiger partial charge on any atom is -0.486 e. The Bertz CT molecular complexity index is 1050. The number of nitrogens with zero attached hydrogens (tertiary/aromatic N) is 2. The number of anilines is 2. The minimum absolute atomic E-state index is 0.118. The zero-order chi connectivity index (χ0) is 22.6. The molecule has 0 bridgehead atoms. The van der Waals surface area contributed by atoms with Crippen LogP contribution in [0, 0.1) is 0 Å². The van der Waals surface area contributed by atoms with Gasteiger partial charge < -0.3 is 19.7 Å². The monoisotopic (exact) mass is 459 g/mol. The van der Waals surface area contributed by atoms with E-state index in [0.717, 1.165) is 23.0 Å². The van der Waals surface area contributed by atoms with Gasteiger partial charge >= 0.3 is 0 Å². The number of fused-ring (bicyclic) bond motifs is 1. The lowest BCUT2D eigenvalue weighted by molar-refractivity contribution is -0.119. The van der Waals surface area contributed by atoms with E-state index in [1.165, 1.54) is 18.5 Å². The molecule has 0 aromatic heterocycles. The molecule has 0 saturated carbocycles. The van der Waals surface area contributed by atoms with Crippen molar-refractivity contribution in [2.45, 2.75) is 26.3 Å². The van der Waals surface area contributed by atoms with Crippen molar-refractivity contribution < 1.29 is 22.7 Å². The van der Waals surface area contributed by atoms with E-state index in [1.54, 1.807) is 25.1 Å². The summed E-state index contributed by atoms with van der Waals surface area (Å²) in [5.74, 6) is 0.548. The third kappa shape index (κ3) is 5.09. The first-order chi connectivity index (χ1) is 15.5. The van der Waals surface area contributed by atoms with Gasteiger partial charge in [0.25, 0.3) is 0 Å². The average Bonchev–Trinajstić information content (AvgIpc) is 3.36. The Morgan fingerprint density at radius 2 is 1.72 bits per heavy atom. The van der Waals surface area contributed by atoms with Crippen molar-refractivity contribution in [3.63, 3.8) is 0 Å². The lowest BCUT2D eigenvalue weighted by Gasteiger charge is -2.25. The molecule has 2 heterocycles. The highest BCUT2D eigenvalue weighted by atomic mass is 32.2. The highest BCUT2D eigenvalue weighted by Crippen LogP contribution is 2.34. The predicted octanol–water partition coefficient (Wildman–Crippen LogP) is 2.53. The van der Waals surface area contributed by atoms with Gasteiger partial charge in [-0.1, -0.05) is 12.1 Å². The van der Waals surface area contributed by atoms with E-state index in [0.29, 0.717) is 36.9 Å². The van der Waals surface area contributed by atoms with Crippen LogP contribution in [0.3, 0.4) is 0 Å². The number of hydrogen-bond acceptors (Lipinski definition) is 6. The van der Waals surface area contributed by atoms with Crippen molar-refractivity contribution in [2.75, 3.05) is 47.8 Å². The number of rotatable bonds is 8. The lowest BCUT2D eigenvalue weighted by Crippen LogP contribution is -2.41. The number of hydrogen-bond donors (Lipinski definition) is 1. The Kier molecular flexibility index (Phi) is 6.74. The second-order valence-corrected chi connectivity index (χ2v) is 10.1. The number of ether oxygens (including phenoxy) is 2. The molecule has 2 aliphatic rings. The van der Waals surface area contributed by atoms with Gasteiger partial charge in [-0.25, -0.2) is 8.42 Å². The Morgan fingerprint density at radius 1 is 1.03 bits per heavy atom. The molecule has 2 aliphatic heterocycles. The highest BCUT2D eigenvalue weighted by Gasteiger charge is 2.25. The van der Waals surface area contributed by atoms with Crippen molar-refractivity contribution in [3.05, 3.63) is 48.0 Å². The van der Waals surface area contributed by atoms with E-state index in [1.807, 2.05) is 12.1 Å². The van der Waals surface area contributed by atoms with Gasteiger partial charge in [-0.2, -0.15) is 0 Å². The molecule has 0 atom stereocenters. The molecule has 2 aromatic rings. The summed E-state index contributed by atoms with van der Waals surface area (Å²) >= 11 is 0. The average molecular weight is 460 g/mol. The van der Waals surface area contributed by atoms with Crippen molar-refractivity contribution in [1.82, 2.24) is 5.32 Å². The van der Waals surface area contributed by atoms with Gasteiger partial charge in [-0.3, -0.25) is 9.10 Å². The van der Waals surface area contributed by atoms with Gasteiger partial charge in [0.05, 0.1) is 11.4 Å². The first-order valence-electron chi connectivity index (χ1n) is 11.0. The molecule has 1 fully saturated rings. The van der Waals surface area contributed by atoms with Gasteiger partial charge in [-0.15, -0.1) is 0 Å². The third-order valence-corrected chi connectivity index (χ3v) is 7.44. The summed E-state index contributed by atoms with van der Waals surface area (Å²) in [6.45, 7) is 4.59. The molecule has 0 unspecified atom stereocenters. The van der Waals surface area contributed by atoms with Gasteiger partial charge in [0.1, 0.15) is 19.8 Å². The van der Waals surface area contributed by atoms with Crippen molar-refractivity contribution in [2.24, 2.45) is 0 Å². The van der Waals surface area contributed by atoms with Crippen LogP contribution < -0.4 is 24.0 Å².